The van der Waals surface area contributed by atoms with E-state index < -0.39 is 0 Å². The van der Waals surface area contributed by atoms with Crippen molar-refractivity contribution < 1.29 is 9.53 Å². The molecule has 0 saturated carbocycles. The lowest BCUT2D eigenvalue weighted by molar-refractivity contribution is -0.119. The summed E-state index contributed by atoms with van der Waals surface area (Å²) in [5.74, 6) is 0.691. The van der Waals surface area contributed by atoms with Crippen LogP contribution in [-0.4, -0.2) is 24.5 Å². The van der Waals surface area contributed by atoms with Crippen LogP contribution >= 0.6 is 11.3 Å². The van der Waals surface area contributed by atoms with Gasteiger partial charge in [-0.25, -0.2) is 4.98 Å². The van der Waals surface area contributed by atoms with E-state index in [9.17, 15) is 4.79 Å². The number of hydrogen-bond acceptors (Lipinski definition) is 5. The number of nitrogens with zero attached hydrogens (tertiary/aromatic N) is 1. The molecule has 0 saturated heterocycles. The highest BCUT2D eigenvalue weighted by Gasteiger charge is 2.05. The van der Waals surface area contributed by atoms with Crippen LogP contribution in [0.3, 0.4) is 0 Å². The van der Waals surface area contributed by atoms with Crippen molar-refractivity contribution >= 4 is 22.4 Å². The van der Waals surface area contributed by atoms with Crippen molar-refractivity contribution in [2.45, 2.75) is 6.54 Å². The molecule has 100 valence electrons. The van der Waals surface area contributed by atoms with Gasteiger partial charge >= 0.3 is 0 Å². The number of benzene rings is 1. The molecule has 6 heteroatoms. The third-order valence-electron chi connectivity index (χ3n) is 2.50. The molecule has 1 heterocycles. The molecule has 2 aromatic rings. The lowest BCUT2D eigenvalue weighted by Crippen LogP contribution is -2.29. The summed E-state index contributed by atoms with van der Waals surface area (Å²) in [6, 6.07) is 7.61. The van der Waals surface area contributed by atoms with E-state index in [0.717, 1.165) is 16.4 Å². The van der Waals surface area contributed by atoms with Crippen LogP contribution in [0.4, 0.5) is 5.13 Å². The molecule has 5 nitrogen and oxygen atoms in total. The zero-order chi connectivity index (χ0) is 13.5. The van der Waals surface area contributed by atoms with Gasteiger partial charge in [-0.2, -0.15) is 0 Å². The number of thiazole rings is 1. The third kappa shape index (κ3) is 3.96. The van der Waals surface area contributed by atoms with Gasteiger partial charge in [0.25, 0.3) is 0 Å². The molecule has 19 heavy (non-hydrogen) atoms. The van der Waals surface area contributed by atoms with Gasteiger partial charge in [-0.3, -0.25) is 4.79 Å². The Morgan fingerprint density at radius 2 is 2.26 bits per heavy atom. The number of methoxy groups -OCH3 is 1. The lowest BCUT2D eigenvalue weighted by atomic mass is 10.2. The second kappa shape index (κ2) is 6.75. The number of hydrogen-bond donors (Lipinski definition) is 2. The Labute approximate surface area is 115 Å². The van der Waals surface area contributed by atoms with Gasteiger partial charge in [-0.15, -0.1) is 11.3 Å². The Morgan fingerprint density at radius 1 is 1.42 bits per heavy atom. The summed E-state index contributed by atoms with van der Waals surface area (Å²) in [4.78, 5) is 15.7. The lowest BCUT2D eigenvalue weighted by Gasteiger charge is -2.09. The molecule has 1 aromatic carbocycles. The molecule has 1 aromatic heterocycles. The van der Waals surface area contributed by atoms with Gasteiger partial charge in [0.2, 0.25) is 5.91 Å². The first-order valence-electron chi connectivity index (χ1n) is 5.81. The number of para-hydroxylation sites is 1. The first-order valence-corrected chi connectivity index (χ1v) is 6.69. The number of rotatable bonds is 6. The van der Waals surface area contributed by atoms with E-state index in [1.165, 1.54) is 11.3 Å². The molecule has 2 N–H and O–H groups in total. The minimum absolute atomic E-state index is 0.0823. The van der Waals surface area contributed by atoms with Gasteiger partial charge < -0.3 is 15.4 Å². The van der Waals surface area contributed by atoms with Crippen molar-refractivity contribution in [1.29, 1.82) is 0 Å². The maximum Gasteiger partial charge on any atom is 0.239 e. The number of ether oxygens (including phenoxy) is 1. The molecule has 0 aliphatic carbocycles. The van der Waals surface area contributed by atoms with Gasteiger partial charge in [-0.05, 0) is 6.07 Å². The minimum atomic E-state index is -0.0823. The fraction of sp³-hybridized carbons (Fsp3) is 0.231. The van der Waals surface area contributed by atoms with E-state index in [0.29, 0.717) is 6.54 Å². The maximum atomic E-state index is 11.7. The fourth-order valence-corrected chi connectivity index (χ4v) is 2.10. The molecule has 0 unspecified atom stereocenters. The largest absolute Gasteiger partial charge is 0.496 e. The Hall–Kier alpha value is -2.08. The number of carbonyl (C=O) groups excluding carboxylic acids is 1. The van der Waals surface area contributed by atoms with Crippen LogP contribution in [0.25, 0.3) is 0 Å². The van der Waals surface area contributed by atoms with Crippen molar-refractivity contribution in [3.63, 3.8) is 0 Å². The number of nitrogens with one attached hydrogen (secondary N) is 2. The summed E-state index contributed by atoms with van der Waals surface area (Å²) >= 11 is 1.46. The molecule has 0 atom stereocenters. The Balaban J connectivity index is 1.80. The van der Waals surface area contributed by atoms with Crippen LogP contribution in [0.5, 0.6) is 5.75 Å². The van der Waals surface area contributed by atoms with E-state index in [-0.39, 0.29) is 12.5 Å². The predicted octanol–water partition coefficient (Wildman–Crippen LogP) is 1.88. The molecule has 0 bridgehead atoms. The molecule has 1 amide bonds. The molecule has 0 aliphatic rings. The van der Waals surface area contributed by atoms with E-state index >= 15 is 0 Å². The van der Waals surface area contributed by atoms with E-state index in [2.05, 4.69) is 15.6 Å². The van der Waals surface area contributed by atoms with Crippen molar-refractivity contribution in [3.8, 4) is 5.75 Å². The summed E-state index contributed by atoms with van der Waals surface area (Å²) in [7, 11) is 1.62. The predicted molar refractivity (Wildman–Crippen MR) is 75.4 cm³/mol. The topological polar surface area (TPSA) is 63.2 Å². The second-order valence-corrected chi connectivity index (χ2v) is 4.67. The highest BCUT2D eigenvalue weighted by atomic mass is 32.1. The smallest absolute Gasteiger partial charge is 0.239 e. The normalized spacial score (nSPS) is 9.95. The average molecular weight is 277 g/mol. The Kier molecular flexibility index (Phi) is 4.74. The van der Waals surface area contributed by atoms with Crippen LogP contribution in [0.2, 0.25) is 0 Å². The van der Waals surface area contributed by atoms with Crippen LogP contribution in [0.15, 0.2) is 35.8 Å². The van der Waals surface area contributed by atoms with E-state index in [1.807, 2.05) is 29.6 Å². The van der Waals surface area contributed by atoms with Crippen LogP contribution in [-0.2, 0) is 11.3 Å². The standard InChI is InChI=1S/C13H15N3O2S/c1-18-11-5-3-2-4-10(11)8-15-12(17)9-16-13-14-6-7-19-13/h2-7H,8-9H2,1H3,(H,14,16)(H,15,17). The first-order chi connectivity index (χ1) is 9.29. The van der Waals surface area contributed by atoms with Crippen molar-refractivity contribution in [2.24, 2.45) is 0 Å². The number of anilines is 1. The van der Waals surface area contributed by atoms with Crippen molar-refractivity contribution in [1.82, 2.24) is 10.3 Å². The summed E-state index contributed by atoms with van der Waals surface area (Å²) in [6.07, 6.45) is 1.69. The molecular formula is C13H15N3O2S. The summed E-state index contributed by atoms with van der Waals surface area (Å²) in [5, 5.41) is 8.38. The van der Waals surface area contributed by atoms with E-state index in [4.69, 9.17) is 4.74 Å². The minimum Gasteiger partial charge on any atom is -0.496 e. The van der Waals surface area contributed by atoms with Gasteiger partial charge in [0.1, 0.15) is 5.75 Å². The van der Waals surface area contributed by atoms with Gasteiger partial charge in [-0.1, -0.05) is 18.2 Å². The first kappa shape index (κ1) is 13.4. The number of aromatic nitrogens is 1. The number of carbonyl (C=O) groups is 1. The number of amides is 1. The zero-order valence-electron chi connectivity index (χ0n) is 10.6. The summed E-state index contributed by atoms with van der Waals surface area (Å²) in [5.41, 5.74) is 0.951. The van der Waals surface area contributed by atoms with Gasteiger partial charge in [0, 0.05) is 23.7 Å². The van der Waals surface area contributed by atoms with Crippen LogP contribution in [0.1, 0.15) is 5.56 Å². The molecule has 0 spiro atoms. The Bertz CT molecular complexity index is 528. The highest BCUT2D eigenvalue weighted by Crippen LogP contribution is 2.16. The second-order valence-electron chi connectivity index (χ2n) is 3.78. The molecule has 2 rings (SSSR count). The van der Waals surface area contributed by atoms with Crippen LogP contribution in [0, 0.1) is 0 Å². The molecular weight excluding hydrogens is 262 g/mol. The molecule has 0 radical (unpaired) electrons. The molecule has 0 fully saturated rings. The average Bonchev–Trinajstić information content (AvgIpc) is 2.96. The van der Waals surface area contributed by atoms with Gasteiger partial charge in [0.15, 0.2) is 5.13 Å². The van der Waals surface area contributed by atoms with Crippen molar-refractivity contribution in [2.75, 3.05) is 19.0 Å². The summed E-state index contributed by atoms with van der Waals surface area (Å²) < 4.78 is 5.22. The van der Waals surface area contributed by atoms with E-state index in [1.54, 1.807) is 13.3 Å². The maximum absolute atomic E-state index is 11.7. The quantitative estimate of drug-likeness (QED) is 0.846. The van der Waals surface area contributed by atoms with Crippen molar-refractivity contribution in [3.05, 3.63) is 41.4 Å². The SMILES string of the molecule is COc1ccccc1CNC(=O)CNc1nccs1. The van der Waals surface area contributed by atoms with Crippen LogP contribution < -0.4 is 15.4 Å². The third-order valence-corrected chi connectivity index (χ3v) is 3.23. The molecule has 0 aliphatic heterocycles. The highest BCUT2D eigenvalue weighted by molar-refractivity contribution is 7.13. The van der Waals surface area contributed by atoms with Gasteiger partial charge in [0.05, 0.1) is 13.7 Å². The summed E-state index contributed by atoms with van der Waals surface area (Å²) in [6.45, 7) is 0.658. The Morgan fingerprint density at radius 3 is 3.00 bits per heavy atom. The fourth-order valence-electron chi connectivity index (χ4n) is 1.57. The zero-order valence-corrected chi connectivity index (χ0v) is 11.4. The monoisotopic (exact) mass is 277 g/mol.